The largest absolute Gasteiger partial charge is 0.491 e. The van der Waals surface area contributed by atoms with E-state index in [0.29, 0.717) is 58.7 Å². The van der Waals surface area contributed by atoms with Gasteiger partial charge < -0.3 is 43.9 Å². The zero-order valence-corrected chi connectivity index (χ0v) is 16.9. The number of anilines is 6. The van der Waals surface area contributed by atoms with Gasteiger partial charge in [0.05, 0.1) is 18.0 Å². The maximum atomic E-state index is 6.33. The highest BCUT2D eigenvalue weighted by Gasteiger charge is 2.20. The van der Waals surface area contributed by atoms with Crippen LogP contribution in [0.25, 0.3) is 0 Å². The molecule has 0 bridgehead atoms. The molecule has 0 heterocycles. The molecule has 3 aromatic rings. The van der Waals surface area contributed by atoms with Crippen molar-refractivity contribution in [3.8, 4) is 11.5 Å². The van der Waals surface area contributed by atoms with Crippen molar-refractivity contribution >= 4 is 34.1 Å². The fourth-order valence-corrected chi connectivity index (χ4v) is 3.20. The number of ether oxygens (including phenoxy) is 2. The molecule has 0 aliphatic heterocycles. The van der Waals surface area contributed by atoms with Gasteiger partial charge in [-0.2, -0.15) is 0 Å². The normalized spacial score (nSPS) is 11.8. The summed E-state index contributed by atoms with van der Waals surface area (Å²) in [4.78, 5) is 0. The predicted molar refractivity (Wildman–Crippen MR) is 124 cm³/mol. The van der Waals surface area contributed by atoms with E-state index in [-0.39, 0.29) is 0 Å². The zero-order valence-electron chi connectivity index (χ0n) is 16.9. The van der Waals surface area contributed by atoms with Crippen LogP contribution in [0, 0.1) is 6.92 Å². The fourth-order valence-electron chi connectivity index (χ4n) is 3.20. The maximum Gasteiger partial charge on any atom is 0.143 e. The Balaban J connectivity index is 1.85. The molecule has 1 unspecified atom stereocenters. The number of hydrogen-bond acceptors (Lipinski definition) is 8. The lowest BCUT2D eigenvalue weighted by Crippen LogP contribution is -2.16. The highest BCUT2D eigenvalue weighted by atomic mass is 16.5. The van der Waals surface area contributed by atoms with Crippen LogP contribution in [0.5, 0.6) is 11.5 Å². The molecular weight excluding hydrogens is 380 g/mol. The van der Waals surface area contributed by atoms with Gasteiger partial charge in [-0.25, -0.2) is 0 Å². The van der Waals surface area contributed by atoms with Gasteiger partial charge in [0.15, 0.2) is 0 Å². The lowest BCUT2D eigenvalue weighted by molar-refractivity contribution is 0.165. The predicted octanol–water partition coefficient (Wildman–Crippen LogP) is 3.08. The molecule has 12 N–H and O–H groups in total. The Kier molecular flexibility index (Phi) is 5.96. The second-order valence-corrected chi connectivity index (χ2v) is 7.18. The number of nitrogens with two attached hydrogens (primary N) is 6. The molecule has 0 saturated carbocycles. The SMILES string of the molecule is Cc1cc(N)cc(C(CCOc2ccc(N)cc2N)Oc2ccc(N)cc2N)c1N. The van der Waals surface area contributed by atoms with Crippen molar-refractivity contribution in [3.05, 3.63) is 59.7 Å². The van der Waals surface area contributed by atoms with Crippen molar-refractivity contribution < 1.29 is 9.47 Å². The van der Waals surface area contributed by atoms with Crippen molar-refractivity contribution in [1.29, 1.82) is 0 Å². The van der Waals surface area contributed by atoms with E-state index < -0.39 is 6.10 Å². The van der Waals surface area contributed by atoms with Gasteiger partial charge in [0, 0.05) is 34.7 Å². The molecule has 0 aliphatic carbocycles. The molecule has 0 saturated heterocycles. The maximum absolute atomic E-state index is 6.33. The molecule has 8 heteroatoms. The minimum atomic E-state index is -0.451. The summed E-state index contributed by atoms with van der Waals surface area (Å²) in [5.41, 5.74) is 40.8. The number of aryl methyl sites for hydroxylation is 1. The van der Waals surface area contributed by atoms with Gasteiger partial charge in [-0.15, -0.1) is 0 Å². The Morgan fingerprint density at radius 1 is 0.733 bits per heavy atom. The summed E-state index contributed by atoms with van der Waals surface area (Å²) in [6.07, 6.45) is 0.0221. The molecule has 0 aliphatic rings. The Labute approximate surface area is 175 Å². The van der Waals surface area contributed by atoms with Crippen molar-refractivity contribution in [2.75, 3.05) is 41.0 Å². The van der Waals surface area contributed by atoms with Gasteiger partial charge in [0.1, 0.15) is 17.6 Å². The van der Waals surface area contributed by atoms with Crippen LogP contribution in [0.3, 0.4) is 0 Å². The third kappa shape index (κ3) is 4.72. The van der Waals surface area contributed by atoms with Gasteiger partial charge in [-0.3, -0.25) is 0 Å². The van der Waals surface area contributed by atoms with Gasteiger partial charge in [0.2, 0.25) is 0 Å². The molecule has 0 spiro atoms. The van der Waals surface area contributed by atoms with Gasteiger partial charge in [0.25, 0.3) is 0 Å². The van der Waals surface area contributed by atoms with Crippen molar-refractivity contribution in [2.24, 2.45) is 0 Å². The van der Waals surface area contributed by atoms with E-state index in [1.165, 1.54) is 0 Å². The van der Waals surface area contributed by atoms with E-state index >= 15 is 0 Å². The fraction of sp³-hybridized carbons (Fsp3) is 0.182. The third-order valence-electron chi connectivity index (χ3n) is 4.76. The smallest absolute Gasteiger partial charge is 0.143 e. The Morgan fingerprint density at radius 2 is 1.33 bits per heavy atom. The Morgan fingerprint density at radius 3 is 1.93 bits per heavy atom. The van der Waals surface area contributed by atoms with Crippen molar-refractivity contribution in [3.63, 3.8) is 0 Å². The number of rotatable bonds is 7. The van der Waals surface area contributed by atoms with E-state index in [9.17, 15) is 0 Å². The zero-order chi connectivity index (χ0) is 21.8. The molecule has 0 aromatic heterocycles. The molecule has 0 fully saturated rings. The topological polar surface area (TPSA) is 175 Å². The average Bonchev–Trinajstić information content (AvgIpc) is 2.67. The monoisotopic (exact) mass is 408 g/mol. The summed E-state index contributed by atoms with van der Waals surface area (Å²) in [6.45, 7) is 2.22. The molecule has 0 amide bonds. The summed E-state index contributed by atoms with van der Waals surface area (Å²) in [5, 5.41) is 0. The van der Waals surface area contributed by atoms with E-state index in [0.717, 1.165) is 11.1 Å². The molecule has 0 radical (unpaired) electrons. The molecule has 158 valence electrons. The van der Waals surface area contributed by atoms with Crippen LogP contribution in [-0.2, 0) is 0 Å². The van der Waals surface area contributed by atoms with Crippen LogP contribution < -0.4 is 43.9 Å². The van der Waals surface area contributed by atoms with Crippen LogP contribution in [-0.4, -0.2) is 6.61 Å². The molecule has 3 aromatic carbocycles. The first kappa shape index (κ1) is 20.8. The number of nitrogen functional groups attached to an aromatic ring is 6. The van der Waals surface area contributed by atoms with Gasteiger partial charge >= 0.3 is 0 Å². The molecular formula is C22H28N6O2. The first-order valence-corrected chi connectivity index (χ1v) is 9.49. The minimum Gasteiger partial charge on any atom is -0.491 e. The average molecular weight is 409 g/mol. The summed E-state index contributed by atoms with van der Waals surface area (Å²) in [7, 11) is 0. The molecule has 8 nitrogen and oxygen atoms in total. The third-order valence-corrected chi connectivity index (χ3v) is 4.76. The second-order valence-electron chi connectivity index (χ2n) is 7.18. The Hall–Kier alpha value is -3.94. The van der Waals surface area contributed by atoms with Crippen LogP contribution in [0.4, 0.5) is 34.1 Å². The first-order chi connectivity index (χ1) is 14.2. The first-order valence-electron chi connectivity index (χ1n) is 9.49. The van der Waals surface area contributed by atoms with Crippen LogP contribution in [0.15, 0.2) is 48.5 Å². The van der Waals surface area contributed by atoms with Crippen LogP contribution in [0.2, 0.25) is 0 Å². The van der Waals surface area contributed by atoms with Crippen LogP contribution >= 0.6 is 0 Å². The lowest BCUT2D eigenvalue weighted by atomic mass is 10.00. The van der Waals surface area contributed by atoms with E-state index in [1.807, 2.05) is 13.0 Å². The van der Waals surface area contributed by atoms with Crippen molar-refractivity contribution in [1.82, 2.24) is 0 Å². The second kappa shape index (κ2) is 8.60. The van der Waals surface area contributed by atoms with Gasteiger partial charge in [-0.1, -0.05) is 0 Å². The highest BCUT2D eigenvalue weighted by molar-refractivity contribution is 5.63. The quantitative estimate of drug-likeness (QED) is 0.323. The number of hydrogen-bond donors (Lipinski definition) is 6. The standard InChI is InChI=1S/C22H28N6O2/c1-12-8-15(25)9-16(22(12)28)19(30-21-5-3-14(24)11-18(21)27)6-7-29-20-4-2-13(23)10-17(20)26/h2-5,8-11,19H,6-7,23-28H2,1H3. The lowest BCUT2D eigenvalue weighted by Gasteiger charge is -2.23. The highest BCUT2D eigenvalue weighted by Crippen LogP contribution is 2.35. The molecule has 3 rings (SSSR count). The summed E-state index contributed by atoms with van der Waals surface area (Å²) in [6, 6.07) is 13.8. The molecule has 30 heavy (non-hydrogen) atoms. The van der Waals surface area contributed by atoms with Crippen molar-refractivity contribution in [2.45, 2.75) is 19.4 Å². The summed E-state index contributed by atoms with van der Waals surface area (Å²) >= 11 is 0. The van der Waals surface area contributed by atoms with E-state index in [1.54, 1.807) is 42.5 Å². The van der Waals surface area contributed by atoms with Crippen LogP contribution in [0.1, 0.15) is 23.7 Å². The Bertz CT molecular complexity index is 1050. The van der Waals surface area contributed by atoms with E-state index in [4.69, 9.17) is 43.9 Å². The van der Waals surface area contributed by atoms with E-state index in [2.05, 4.69) is 0 Å². The summed E-state index contributed by atoms with van der Waals surface area (Å²) in [5.74, 6) is 1.05. The van der Waals surface area contributed by atoms with Gasteiger partial charge in [-0.05, 0) is 61.0 Å². The molecule has 1 atom stereocenters. The summed E-state index contributed by atoms with van der Waals surface area (Å²) < 4.78 is 12.1. The minimum absolute atomic E-state index is 0.320. The number of benzene rings is 3.